The molecule has 0 fully saturated rings. The molecule has 0 atom stereocenters. The molecule has 0 saturated carbocycles. The van der Waals surface area contributed by atoms with Gasteiger partial charge < -0.3 is 9.88 Å². The lowest BCUT2D eigenvalue weighted by Gasteiger charge is -2.12. The van der Waals surface area contributed by atoms with Gasteiger partial charge in [-0.15, -0.1) is 11.3 Å². The minimum Gasteiger partial charge on any atom is -0.365 e. The van der Waals surface area contributed by atoms with Gasteiger partial charge in [-0.05, 0) is 70.6 Å². The second-order valence-corrected chi connectivity index (χ2v) is 12.0. The standard InChI is InChI=1S/C27H18ClN7O3S3/c28-24-2-1-17(40-24)13-30-25-12-21(32-35(25)27(38)23-5-9-31-41-23)19-14-34(15-22(36)20-6-10-39-33-20)26(37)11-18(19)16-3-7-29-8-4-16/h1-12,14,30H,13,15H2. The van der Waals surface area contributed by atoms with Crippen molar-refractivity contribution >= 4 is 63.5 Å². The maximum absolute atomic E-state index is 13.4. The summed E-state index contributed by atoms with van der Waals surface area (Å²) in [6.45, 7) is 0.217. The summed E-state index contributed by atoms with van der Waals surface area (Å²) in [5.41, 5.74) is 2.23. The normalized spacial score (nSPS) is 11.0. The molecular formula is C27H18ClN7O3S3. The van der Waals surface area contributed by atoms with Crippen LogP contribution in [0.25, 0.3) is 22.4 Å². The number of pyridine rings is 2. The van der Waals surface area contributed by atoms with Crippen LogP contribution in [0.1, 0.15) is 25.0 Å². The Balaban J connectivity index is 1.46. The Bertz CT molecular complexity index is 1900. The first kappa shape index (κ1) is 26.9. The number of nitrogens with zero attached hydrogens (tertiary/aromatic N) is 6. The van der Waals surface area contributed by atoms with Crippen molar-refractivity contribution in [1.82, 2.24) is 28.1 Å². The summed E-state index contributed by atoms with van der Waals surface area (Å²) in [5.74, 6) is -0.207. The van der Waals surface area contributed by atoms with Crippen molar-refractivity contribution in [3.05, 3.63) is 109 Å². The van der Waals surface area contributed by atoms with Gasteiger partial charge >= 0.3 is 0 Å². The molecule has 0 aliphatic carbocycles. The molecule has 1 N–H and O–H groups in total. The summed E-state index contributed by atoms with van der Waals surface area (Å²) < 4.78 is 11.4. The summed E-state index contributed by atoms with van der Waals surface area (Å²) in [7, 11) is 0. The van der Waals surface area contributed by atoms with Crippen LogP contribution in [0.3, 0.4) is 0 Å². The molecule has 6 heterocycles. The number of anilines is 1. The van der Waals surface area contributed by atoms with E-state index in [1.807, 2.05) is 12.1 Å². The number of nitrogens with one attached hydrogen (secondary N) is 1. The zero-order chi connectivity index (χ0) is 28.3. The molecule has 0 saturated heterocycles. The van der Waals surface area contributed by atoms with E-state index < -0.39 is 0 Å². The first-order chi connectivity index (χ1) is 20.0. The van der Waals surface area contributed by atoms with Crippen molar-refractivity contribution in [3.8, 4) is 22.4 Å². The van der Waals surface area contributed by atoms with Crippen LogP contribution >= 0.6 is 46.0 Å². The van der Waals surface area contributed by atoms with Crippen LogP contribution in [0, 0.1) is 0 Å². The van der Waals surface area contributed by atoms with Crippen LogP contribution in [0.5, 0.6) is 0 Å². The summed E-state index contributed by atoms with van der Waals surface area (Å²) in [6, 6.07) is 13.7. The SMILES string of the molecule is O=C(Cn1cc(-c2cc(NCc3ccc(Cl)s3)n(C(=O)c3ccns3)n2)c(-c2ccncc2)cc1=O)c1ccsn1. The van der Waals surface area contributed by atoms with Gasteiger partial charge in [-0.2, -0.15) is 14.2 Å². The molecule has 0 amide bonds. The molecule has 0 aliphatic rings. The Morgan fingerprint density at radius 1 is 1.00 bits per heavy atom. The van der Waals surface area contributed by atoms with E-state index >= 15 is 0 Å². The van der Waals surface area contributed by atoms with Gasteiger partial charge in [0.1, 0.15) is 16.4 Å². The van der Waals surface area contributed by atoms with E-state index in [4.69, 9.17) is 11.6 Å². The molecule has 0 unspecified atom stereocenters. The largest absolute Gasteiger partial charge is 0.365 e. The highest BCUT2D eigenvalue weighted by atomic mass is 35.5. The third-order valence-electron chi connectivity index (χ3n) is 6.05. The number of carbonyl (C=O) groups is 2. The molecule has 6 aromatic heterocycles. The van der Waals surface area contributed by atoms with Gasteiger partial charge in [-0.1, -0.05) is 11.6 Å². The zero-order valence-electron chi connectivity index (χ0n) is 20.9. The number of hydrogen-bond acceptors (Lipinski definition) is 11. The van der Waals surface area contributed by atoms with Gasteiger partial charge in [0.25, 0.3) is 11.5 Å². The Hall–Kier alpha value is -4.30. The number of rotatable bonds is 9. The van der Waals surface area contributed by atoms with Gasteiger partial charge in [-0.3, -0.25) is 19.4 Å². The van der Waals surface area contributed by atoms with Crippen molar-refractivity contribution in [2.45, 2.75) is 13.1 Å². The highest BCUT2D eigenvalue weighted by Crippen LogP contribution is 2.32. The van der Waals surface area contributed by atoms with E-state index in [1.54, 1.807) is 60.5 Å². The number of halogens is 1. The number of ketones is 1. The van der Waals surface area contributed by atoms with E-state index in [-0.39, 0.29) is 23.8 Å². The molecule has 0 aliphatic heterocycles. The van der Waals surface area contributed by atoms with Crippen LogP contribution in [0.15, 0.2) is 83.5 Å². The second kappa shape index (κ2) is 11.7. The Kier molecular flexibility index (Phi) is 7.65. The Labute approximate surface area is 249 Å². The topological polar surface area (TPSA) is 125 Å². The molecule has 0 radical (unpaired) electrons. The van der Waals surface area contributed by atoms with Gasteiger partial charge in [0.2, 0.25) is 5.78 Å². The third-order valence-corrected chi connectivity index (χ3v) is 8.58. The average Bonchev–Trinajstić information content (AvgIpc) is 3.80. The predicted octanol–water partition coefficient (Wildman–Crippen LogP) is 5.59. The van der Waals surface area contributed by atoms with Gasteiger partial charge in [0.05, 0.1) is 23.1 Å². The molecule has 0 spiro atoms. The first-order valence-electron chi connectivity index (χ1n) is 12.1. The molecule has 0 aromatic carbocycles. The number of hydrogen-bond donors (Lipinski definition) is 1. The highest BCUT2D eigenvalue weighted by molar-refractivity contribution is 7.16. The molecule has 6 rings (SSSR count). The van der Waals surface area contributed by atoms with Crippen molar-refractivity contribution in [3.63, 3.8) is 0 Å². The fourth-order valence-electron chi connectivity index (χ4n) is 4.11. The van der Waals surface area contributed by atoms with Crippen LogP contribution in [0.2, 0.25) is 4.34 Å². The average molecular weight is 620 g/mol. The van der Waals surface area contributed by atoms with Gasteiger partial charge in [0, 0.05) is 52.7 Å². The molecule has 10 nitrogen and oxygen atoms in total. The molecule has 0 bridgehead atoms. The minimum atomic E-state index is -0.364. The van der Waals surface area contributed by atoms with E-state index in [9.17, 15) is 14.4 Å². The fraction of sp³-hybridized carbons (Fsp3) is 0.0741. The lowest BCUT2D eigenvalue weighted by atomic mass is 10.0. The van der Waals surface area contributed by atoms with E-state index in [2.05, 4.69) is 24.1 Å². The summed E-state index contributed by atoms with van der Waals surface area (Å²) in [4.78, 5) is 44.9. The summed E-state index contributed by atoms with van der Waals surface area (Å²) >= 11 is 9.77. The Morgan fingerprint density at radius 2 is 1.85 bits per heavy atom. The van der Waals surface area contributed by atoms with E-state index in [0.29, 0.717) is 44.1 Å². The Morgan fingerprint density at radius 3 is 2.56 bits per heavy atom. The monoisotopic (exact) mass is 619 g/mol. The maximum Gasteiger partial charge on any atom is 0.291 e. The van der Waals surface area contributed by atoms with Crippen molar-refractivity contribution in [2.24, 2.45) is 0 Å². The van der Waals surface area contributed by atoms with Crippen molar-refractivity contribution in [2.75, 3.05) is 5.32 Å². The highest BCUT2D eigenvalue weighted by Gasteiger charge is 2.22. The van der Waals surface area contributed by atoms with E-state index in [1.165, 1.54) is 38.2 Å². The van der Waals surface area contributed by atoms with Crippen LogP contribution < -0.4 is 10.9 Å². The molecule has 6 aromatic rings. The quantitative estimate of drug-likeness (QED) is 0.208. The van der Waals surface area contributed by atoms with E-state index in [0.717, 1.165) is 22.0 Å². The second-order valence-electron chi connectivity index (χ2n) is 8.68. The lowest BCUT2D eigenvalue weighted by Crippen LogP contribution is -2.24. The van der Waals surface area contributed by atoms with Gasteiger partial charge in [-0.25, -0.2) is 4.37 Å². The van der Waals surface area contributed by atoms with Crippen molar-refractivity contribution in [1.29, 1.82) is 0 Å². The number of thiophene rings is 1. The third kappa shape index (κ3) is 5.79. The first-order valence-corrected chi connectivity index (χ1v) is 14.9. The molecular weight excluding hydrogens is 602 g/mol. The van der Waals surface area contributed by atoms with Crippen LogP contribution in [0.4, 0.5) is 5.82 Å². The molecule has 14 heteroatoms. The maximum atomic E-state index is 13.4. The molecule has 204 valence electrons. The van der Waals surface area contributed by atoms with Crippen LogP contribution in [-0.2, 0) is 13.1 Å². The number of carbonyl (C=O) groups excluding carboxylic acids is 2. The fourth-order valence-corrected chi connectivity index (χ4v) is 6.19. The summed E-state index contributed by atoms with van der Waals surface area (Å²) in [5, 5.41) is 9.67. The minimum absolute atomic E-state index is 0.197. The lowest BCUT2D eigenvalue weighted by molar-refractivity contribution is 0.0949. The number of Topliss-reactive ketones (excluding diaryl/α,β-unsaturated/α-hetero) is 1. The predicted molar refractivity (Wildman–Crippen MR) is 160 cm³/mol. The van der Waals surface area contributed by atoms with Gasteiger partial charge in [0.15, 0.2) is 0 Å². The smallest absolute Gasteiger partial charge is 0.291 e. The van der Waals surface area contributed by atoms with Crippen LogP contribution in [-0.4, -0.2) is 39.8 Å². The summed E-state index contributed by atoms with van der Waals surface area (Å²) in [6.07, 6.45) is 6.40. The molecule has 41 heavy (non-hydrogen) atoms. The number of aromatic nitrogens is 6. The zero-order valence-corrected chi connectivity index (χ0v) is 24.1. The van der Waals surface area contributed by atoms with Crippen molar-refractivity contribution < 1.29 is 9.59 Å².